The van der Waals surface area contributed by atoms with Crippen molar-refractivity contribution >= 4 is 5.78 Å². The zero-order chi connectivity index (χ0) is 11.4. The van der Waals surface area contributed by atoms with Gasteiger partial charge >= 0.3 is 0 Å². The second kappa shape index (κ2) is 5.08. The molecule has 1 aromatic carbocycles. The Hall–Kier alpha value is -1.15. The summed E-state index contributed by atoms with van der Waals surface area (Å²) in [5.41, 5.74) is 9.13. The Morgan fingerprint density at radius 2 is 1.87 bits per heavy atom. The van der Waals surface area contributed by atoms with Crippen molar-refractivity contribution in [3.8, 4) is 0 Å². The van der Waals surface area contributed by atoms with Crippen LogP contribution in [0.4, 0.5) is 0 Å². The third-order valence-corrected chi connectivity index (χ3v) is 2.57. The SMILES string of the molecule is Cc1cccc(C)c1CC(=O)CC(C)N. The summed E-state index contributed by atoms with van der Waals surface area (Å²) < 4.78 is 0. The Morgan fingerprint density at radius 3 is 2.33 bits per heavy atom. The maximum absolute atomic E-state index is 11.6. The second-order valence-electron chi connectivity index (χ2n) is 4.27. The summed E-state index contributed by atoms with van der Waals surface area (Å²) >= 11 is 0. The van der Waals surface area contributed by atoms with E-state index in [0.717, 1.165) is 5.56 Å². The van der Waals surface area contributed by atoms with Crippen LogP contribution in [0.3, 0.4) is 0 Å². The Kier molecular flexibility index (Phi) is 4.04. The van der Waals surface area contributed by atoms with Crippen molar-refractivity contribution in [1.29, 1.82) is 0 Å². The molecule has 2 N–H and O–H groups in total. The van der Waals surface area contributed by atoms with E-state index in [1.165, 1.54) is 11.1 Å². The van der Waals surface area contributed by atoms with Crippen molar-refractivity contribution in [2.45, 2.75) is 39.7 Å². The molecule has 0 aromatic heterocycles. The van der Waals surface area contributed by atoms with Crippen LogP contribution in [0.15, 0.2) is 18.2 Å². The molecule has 82 valence electrons. The molecule has 0 aliphatic carbocycles. The molecular formula is C13H19NO. The third kappa shape index (κ3) is 3.48. The molecule has 2 nitrogen and oxygen atoms in total. The molecule has 0 radical (unpaired) electrons. The van der Waals surface area contributed by atoms with E-state index in [2.05, 4.69) is 0 Å². The van der Waals surface area contributed by atoms with Crippen LogP contribution in [-0.4, -0.2) is 11.8 Å². The second-order valence-corrected chi connectivity index (χ2v) is 4.27. The highest BCUT2D eigenvalue weighted by Crippen LogP contribution is 2.14. The number of aryl methyl sites for hydroxylation is 2. The van der Waals surface area contributed by atoms with Gasteiger partial charge in [-0.3, -0.25) is 4.79 Å². The summed E-state index contributed by atoms with van der Waals surface area (Å²) in [5, 5.41) is 0. The van der Waals surface area contributed by atoms with Gasteiger partial charge < -0.3 is 5.73 Å². The number of Topliss-reactive ketones (excluding diaryl/α,β-unsaturated/α-hetero) is 1. The normalized spacial score (nSPS) is 12.5. The molecule has 0 saturated heterocycles. The zero-order valence-electron chi connectivity index (χ0n) is 9.71. The van der Waals surface area contributed by atoms with Crippen LogP contribution in [0.2, 0.25) is 0 Å². The van der Waals surface area contributed by atoms with Gasteiger partial charge in [-0.15, -0.1) is 0 Å². The minimum atomic E-state index is -0.0400. The van der Waals surface area contributed by atoms with E-state index in [9.17, 15) is 4.79 Å². The minimum Gasteiger partial charge on any atom is -0.328 e. The first kappa shape index (κ1) is 11.9. The maximum atomic E-state index is 11.6. The number of hydrogen-bond donors (Lipinski definition) is 1. The van der Waals surface area contributed by atoms with E-state index >= 15 is 0 Å². The summed E-state index contributed by atoms with van der Waals surface area (Å²) in [6.07, 6.45) is 0.980. The predicted octanol–water partition coefficient (Wildman–Crippen LogP) is 2.15. The fraction of sp³-hybridized carbons (Fsp3) is 0.462. The van der Waals surface area contributed by atoms with E-state index in [1.807, 2.05) is 39.0 Å². The number of rotatable bonds is 4. The van der Waals surface area contributed by atoms with Crippen LogP contribution in [0.1, 0.15) is 30.0 Å². The van der Waals surface area contributed by atoms with Gasteiger partial charge in [0.2, 0.25) is 0 Å². The summed E-state index contributed by atoms with van der Waals surface area (Å²) in [7, 11) is 0. The number of ketones is 1. The van der Waals surface area contributed by atoms with Crippen molar-refractivity contribution in [3.05, 3.63) is 34.9 Å². The number of carbonyl (C=O) groups is 1. The van der Waals surface area contributed by atoms with Crippen molar-refractivity contribution in [2.75, 3.05) is 0 Å². The van der Waals surface area contributed by atoms with Crippen LogP contribution in [0.25, 0.3) is 0 Å². The van der Waals surface area contributed by atoms with Crippen LogP contribution in [0, 0.1) is 13.8 Å². The molecule has 0 spiro atoms. The Labute approximate surface area is 91.5 Å². The maximum Gasteiger partial charge on any atom is 0.138 e. The number of benzene rings is 1. The number of hydrogen-bond acceptors (Lipinski definition) is 2. The molecule has 2 heteroatoms. The molecule has 15 heavy (non-hydrogen) atoms. The smallest absolute Gasteiger partial charge is 0.138 e. The highest BCUT2D eigenvalue weighted by atomic mass is 16.1. The predicted molar refractivity (Wildman–Crippen MR) is 62.9 cm³/mol. The average Bonchev–Trinajstić information content (AvgIpc) is 2.10. The van der Waals surface area contributed by atoms with E-state index in [1.54, 1.807) is 0 Å². The largest absolute Gasteiger partial charge is 0.328 e. The standard InChI is InChI=1S/C13H19NO/c1-9-5-4-6-10(2)13(9)8-12(15)7-11(3)14/h4-6,11H,7-8,14H2,1-3H3. The lowest BCUT2D eigenvalue weighted by molar-refractivity contribution is -0.118. The summed E-state index contributed by atoms with van der Waals surface area (Å²) in [6, 6.07) is 6.06. The van der Waals surface area contributed by atoms with Gasteiger partial charge in [0.25, 0.3) is 0 Å². The molecule has 0 aliphatic rings. The van der Waals surface area contributed by atoms with E-state index < -0.39 is 0 Å². The van der Waals surface area contributed by atoms with Gasteiger partial charge in [-0.2, -0.15) is 0 Å². The van der Waals surface area contributed by atoms with Crippen LogP contribution in [0.5, 0.6) is 0 Å². The lowest BCUT2D eigenvalue weighted by atomic mass is 9.96. The highest BCUT2D eigenvalue weighted by molar-refractivity contribution is 5.82. The lowest BCUT2D eigenvalue weighted by Gasteiger charge is -2.09. The minimum absolute atomic E-state index is 0.0400. The number of nitrogens with two attached hydrogens (primary N) is 1. The third-order valence-electron chi connectivity index (χ3n) is 2.57. The van der Waals surface area contributed by atoms with Gasteiger partial charge in [-0.1, -0.05) is 18.2 Å². The average molecular weight is 205 g/mol. The van der Waals surface area contributed by atoms with Crippen LogP contribution in [-0.2, 0) is 11.2 Å². The van der Waals surface area contributed by atoms with Crippen LogP contribution < -0.4 is 5.73 Å². The molecule has 0 bridgehead atoms. The Balaban J connectivity index is 2.76. The summed E-state index contributed by atoms with van der Waals surface area (Å²) in [4.78, 5) is 11.6. The molecule has 0 heterocycles. The zero-order valence-corrected chi connectivity index (χ0v) is 9.71. The van der Waals surface area contributed by atoms with Gasteiger partial charge in [0, 0.05) is 18.9 Å². The highest BCUT2D eigenvalue weighted by Gasteiger charge is 2.09. The summed E-state index contributed by atoms with van der Waals surface area (Å²) in [6.45, 7) is 5.95. The molecule has 1 rings (SSSR count). The Morgan fingerprint density at radius 1 is 1.33 bits per heavy atom. The van der Waals surface area contributed by atoms with Gasteiger partial charge in [-0.05, 0) is 37.5 Å². The van der Waals surface area contributed by atoms with E-state index in [0.29, 0.717) is 12.8 Å². The van der Waals surface area contributed by atoms with Crippen molar-refractivity contribution in [1.82, 2.24) is 0 Å². The van der Waals surface area contributed by atoms with Crippen molar-refractivity contribution < 1.29 is 4.79 Å². The molecule has 1 unspecified atom stereocenters. The van der Waals surface area contributed by atoms with Gasteiger partial charge in [0.05, 0.1) is 0 Å². The first-order valence-electron chi connectivity index (χ1n) is 5.33. The molecular weight excluding hydrogens is 186 g/mol. The fourth-order valence-corrected chi connectivity index (χ4v) is 1.76. The number of carbonyl (C=O) groups excluding carboxylic acids is 1. The first-order valence-corrected chi connectivity index (χ1v) is 5.33. The molecule has 0 fully saturated rings. The van der Waals surface area contributed by atoms with Gasteiger partial charge in [0.15, 0.2) is 0 Å². The van der Waals surface area contributed by atoms with Gasteiger partial charge in [0.1, 0.15) is 5.78 Å². The molecule has 0 amide bonds. The molecule has 0 aliphatic heterocycles. The Bertz CT molecular complexity index is 335. The van der Waals surface area contributed by atoms with E-state index in [4.69, 9.17) is 5.73 Å². The van der Waals surface area contributed by atoms with Gasteiger partial charge in [-0.25, -0.2) is 0 Å². The van der Waals surface area contributed by atoms with Crippen molar-refractivity contribution in [2.24, 2.45) is 5.73 Å². The molecule has 0 saturated carbocycles. The monoisotopic (exact) mass is 205 g/mol. The first-order chi connectivity index (χ1) is 7.00. The molecule has 1 aromatic rings. The van der Waals surface area contributed by atoms with E-state index in [-0.39, 0.29) is 11.8 Å². The quantitative estimate of drug-likeness (QED) is 0.818. The fourth-order valence-electron chi connectivity index (χ4n) is 1.76. The lowest BCUT2D eigenvalue weighted by Crippen LogP contribution is -2.21. The molecule has 1 atom stereocenters. The van der Waals surface area contributed by atoms with Crippen LogP contribution >= 0.6 is 0 Å². The summed E-state index contributed by atoms with van der Waals surface area (Å²) in [5.74, 6) is 0.224. The van der Waals surface area contributed by atoms with Crippen molar-refractivity contribution in [3.63, 3.8) is 0 Å². The topological polar surface area (TPSA) is 43.1 Å².